The van der Waals surface area contributed by atoms with Crippen molar-refractivity contribution in [3.05, 3.63) is 70.0 Å². The molecule has 1 unspecified atom stereocenters. The van der Waals surface area contributed by atoms with Gasteiger partial charge < -0.3 is 0 Å². The molecule has 0 aliphatic heterocycles. The fraction of sp³-hybridized carbons (Fsp3) is 0.250. The van der Waals surface area contributed by atoms with Crippen LogP contribution in [0.3, 0.4) is 0 Å². The summed E-state index contributed by atoms with van der Waals surface area (Å²) in [5.41, 5.74) is 2.39. The summed E-state index contributed by atoms with van der Waals surface area (Å²) in [6, 6.07) is 14.9. The molecule has 0 bridgehead atoms. The van der Waals surface area contributed by atoms with Gasteiger partial charge in [-0.05, 0) is 32.9 Å². The number of Topliss-reactive ketones (excluding diaryl/α,β-unsaturated/α-hetero) is 1. The first kappa shape index (κ1) is 17.4. The zero-order valence-corrected chi connectivity index (χ0v) is 15.3. The summed E-state index contributed by atoms with van der Waals surface area (Å²) in [5, 5.41) is 0.860. The summed E-state index contributed by atoms with van der Waals surface area (Å²) in [4.78, 5) is 29.9. The molecule has 1 atom stereocenters. The fourth-order valence-electron chi connectivity index (χ4n) is 2.68. The SMILES string of the molecule is CCn1c(SC(C)C(=O)c2ccc(C)cc2)nc2ccccc2c1=O. The van der Waals surface area contributed by atoms with E-state index in [-0.39, 0.29) is 16.6 Å². The summed E-state index contributed by atoms with van der Waals surface area (Å²) in [6.45, 7) is 6.28. The van der Waals surface area contributed by atoms with Crippen molar-refractivity contribution >= 4 is 28.4 Å². The topological polar surface area (TPSA) is 52.0 Å². The van der Waals surface area contributed by atoms with Gasteiger partial charge in [-0.3, -0.25) is 14.2 Å². The van der Waals surface area contributed by atoms with E-state index >= 15 is 0 Å². The predicted molar refractivity (Wildman–Crippen MR) is 103 cm³/mol. The van der Waals surface area contributed by atoms with E-state index in [1.54, 1.807) is 10.6 Å². The Balaban J connectivity index is 1.95. The number of carbonyl (C=O) groups is 1. The predicted octanol–water partition coefficient (Wildman–Crippen LogP) is 4.09. The van der Waals surface area contributed by atoms with Gasteiger partial charge in [0.1, 0.15) is 0 Å². The number of hydrogen-bond acceptors (Lipinski definition) is 4. The molecule has 0 amide bonds. The highest BCUT2D eigenvalue weighted by molar-refractivity contribution is 8.00. The Bertz CT molecular complexity index is 977. The second kappa shape index (κ2) is 7.23. The molecule has 0 fully saturated rings. The van der Waals surface area contributed by atoms with Crippen LogP contribution in [0.1, 0.15) is 29.8 Å². The van der Waals surface area contributed by atoms with Gasteiger partial charge in [-0.15, -0.1) is 0 Å². The number of hydrogen-bond donors (Lipinski definition) is 0. The average molecular weight is 352 g/mol. The second-order valence-electron chi connectivity index (χ2n) is 5.95. The Morgan fingerprint density at radius 2 is 1.84 bits per heavy atom. The maximum absolute atomic E-state index is 12.7. The molecule has 1 heterocycles. The van der Waals surface area contributed by atoms with Gasteiger partial charge in [0, 0.05) is 12.1 Å². The van der Waals surface area contributed by atoms with E-state index < -0.39 is 0 Å². The molecule has 0 aliphatic carbocycles. The minimum Gasteiger partial charge on any atom is -0.293 e. The van der Waals surface area contributed by atoms with Gasteiger partial charge in [0.25, 0.3) is 5.56 Å². The number of aryl methyl sites for hydroxylation is 1. The molecule has 4 nitrogen and oxygen atoms in total. The van der Waals surface area contributed by atoms with Gasteiger partial charge in [0.15, 0.2) is 10.9 Å². The number of para-hydroxylation sites is 1. The van der Waals surface area contributed by atoms with Crippen LogP contribution in [0.2, 0.25) is 0 Å². The van der Waals surface area contributed by atoms with Crippen LogP contribution >= 0.6 is 11.8 Å². The molecule has 0 saturated carbocycles. The van der Waals surface area contributed by atoms with E-state index in [4.69, 9.17) is 0 Å². The van der Waals surface area contributed by atoms with Crippen LogP contribution in [0.5, 0.6) is 0 Å². The first-order valence-corrected chi connectivity index (χ1v) is 9.16. The largest absolute Gasteiger partial charge is 0.293 e. The van der Waals surface area contributed by atoms with Gasteiger partial charge in [0.05, 0.1) is 16.2 Å². The minimum absolute atomic E-state index is 0.0371. The van der Waals surface area contributed by atoms with Crippen molar-refractivity contribution in [1.82, 2.24) is 9.55 Å². The number of carbonyl (C=O) groups excluding carboxylic acids is 1. The van der Waals surface area contributed by atoms with Gasteiger partial charge in [-0.2, -0.15) is 0 Å². The molecule has 128 valence electrons. The summed E-state index contributed by atoms with van der Waals surface area (Å²) in [6.07, 6.45) is 0. The maximum atomic E-state index is 12.7. The van der Waals surface area contributed by atoms with Gasteiger partial charge in [-0.1, -0.05) is 53.7 Å². The lowest BCUT2D eigenvalue weighted by molar-refractivity contribution is 0.0994. The monoisotopic (exact) mass is 352 g/mol. The van der Waals surface area contributed by atoms with E-state index in [0.29, 0.717) is 28.2 Å². The first-order valence-electron chi connectivity index (χ1n) is 8.28. The highest BCUT2D eigenvalue weighted by Crippen LogP contribution is 2.25. The molecule has 0 spiro atoms. The quantitative estimate of drug-likeness (QED) is 0.394. The number of thioether (sulfide) groups is 1. The van der Waals surface area contributed by atoms with Crippen molar-refractivity contribution in [3.63, 3.8) is 0 Å². The van der Waals surface area contributed by atoms with E-state index in [1.165, 1.54) is 11.8 Å². The molecule has 1 aromatic heterocycles. The van der Waals surface area contributed by atoms with Crippen LogP contribution in [0, 0.1) is 6.92 Å². The third-order valence-electron chi connectivity index (χ3n) is 4.13. The van der Waals surface area contributed by atoms with E-state index in [0.717, 1.165) is 5.56 Å². The maximum Gasteiger partial charge on any atom is 0.262 e. The summed E-state index contributed by atoms with van der Waals surface area (Å²) < 4.78 is 1.63. The third kappa shape index (κ3) is 3.51. The first-order chi connectivity index (χ1) is 12.0. The summed E-state index contributed by atoms with van der Waals surface area (Å²) >= 11 is 1.33. The number of rotatable bonds is 5. The van der Waals surface area contributed by atoms with Gasteiger partial charge in [-0.25, -0.2) is 4.98 Å². The third-order valence-corrected chi connectivity index (χ3v) is 5.22. The van der Waals surface area contributed by atoms with Crippen LogP contribution in [-0.4, -0.2) is 20.6 Å². The van der Waals surface area contributed by atoms with Crippen molar-refractivity contribution in [2.75, 3.05) is 0 Å². The standard InChI is InChI=1S/C20H20N2O2S/c1-4-22-19(24)16-7-5-6-8-17(16)21-20(22)25-14(3)18(23)15-11-9-13(2)10-12-15/h5-12,14H,4H2,1-3H3. The van der Waals surface area contributed by atoms with Crippen molar-refractivity contribution in [2.24, 2.45) is 0 Å². The van der Waals surface area contributed by atoms with Crippen LogP contribution in [0.25, 0.3) is 10.9 Å². The van der Waals surface area contributed by atoms with E-state index in [1.807, 2.05) is 63.2 Å². The zero-order chi connectivity index (χ0) is 18.0. The van der Waals surface area contributed by atoms with Crippen LogP contribution < -0.4 is 5.56 Å². The Morgan fingerprint density at radius 3 is 2.52 bits per heavy atom. The molecule has 0 N–H and O–H groups in total. The molecule has 0 radical (unpaired) electrons. The lowest BCUT2D eigenvalue weighted by atomic mass is 10.1. The number of nitrogens with zero attached hydrogens (tertiary/aromatic N) is 2. The lowest BCUT2D eigenvalue weighted by Gasteiger charge is -2.15. The van der Waals surface area contributed by atoms with Crippen molar-refractivity contribution in [2.45, 2.75) is 37.7 Å². The highest BCUT2D eigenvalue weighted by atomic mass is 32.2. The van der Waals surface area contributed by atoms with Crippen LogP contribution in [0.4, 0.5) is 0 Å². The Hall–Kier alpha value is -2.40. The number of aromatic nitrogens is 2. The molecule has 5 heteroatoms. The highest BCUT2D eigenvalue weighted by Gasteiger charge is 2.20. The Morgan fingerprint density at radius 1 is 1.16 bits per heavy atom. The molecule has 2 aromatic carbocycles. The van der Waals surface area contributed by atoms with E-state index in [2.05, 4.69) is 4.98 Å². The molecule has 25 heavy (non-hydrogen) atoms. The van der Waals surface area contributed by atoms with Crippen molar-refractivity contribution in [3.8, 4) is 0 Å². The van der Waals surface area contributed by atoms with Gasteiger partial charge in [0.2, 0.25) is 0 Å². The molecular weight excluding hydrogens is 332 g/mol. The molecule has 3 aromatic rings. The van der Waals surface area contributed by atoms with E-state index in [9.17, 15) is 9.59 Å². The Labute approximate surface area is 150 Å². The van der Waals surface area contributed by atoms with Crippen molar-refractivity contribution < 1.29 is 4.79 Å². The molecule has 0 saturated heterocycles. The minimum atomic E-state index is -0.325. The van der Waals surface area contributed by atoms with Crippen LogP contribution in [0.15, 0.2) is 58.5 Å². The summed E-state index contributed by atoms with van der Waals surface area (Å²) in [7, 11) is 0. The number of ketones is 1. The Kier molecular flexibility index (Phi) is 5.04. The molecule has 3 rings (SSSR count). The molecule has 0 aliphatic rings. The van der Waals surface area contributed by atoms with Crippen LogP contribution in [-0.2, 0) is 6.54 Å². The lowest BCUT2D eigenvalue weighted by Crippen LogP contribution is -2.24. The second-order valence-corrected chi connectivity index (χ2v) is 7.26. The fourth-order valence-corrected chi connectivity index (χ4v) is 3.73. The summed E-state index contributed by atoms with van der Waals surface area (Å²) in [5.74, 6) is 0.0371. The molecular formula is C20H20N2O2S. The van der Waals surface area contributed by atoms with Crippen molar-refractivity contribution in [1.29, 1.82) is 0 Å². The zero-order valence-electron chi connectivity index (χ0n) is 14.5. The number of fused-ring (bicyclic) bond motifs is 1. The smallest absolute Gasteiger partial charge is 0.262 e. The number of benzene rings is 2. The normalized spacial score (nSPS) is 12.3. The average Bonchev–Trinajstić information content (AvgIpc) is 2.62. The van der Waals surface area contributed by atoms with Gasteiger partial charge >= 0.3 is 0 Å².